The van der Waals surface area contributed by atoms with Crippen LogP contribution in [0.3, 0.4) is 0 Å². The Kier molecular flexibility index (Phi) is 4.38. The van der Waals surface area contributed by atoms with Gasteiger partial charge in [-0.2, -0.15) is 5.10 Å². The van der Waals surface area contributed by atoms with E-state index in [2.05, 4.69) is 20.6 Å². The van der Waals surface area contributed by atoms with Gasteiger partial charge in [0.25, 0.3) is 5.91 Å². The molecule has 1 aromatic carbocycles. The largest absolute Gasteiger partial charge is 0.343 e. The van der Waals surface area contributed by atoms with E-state index in [1.807, 2.05) is 29.7 Å². The molecular weight excluding hydrogens is 316 g/mol. The fourth-order valence-electron chi connectivity index (χ4n) is 2.15. The van der Waals surface area contributed by atoms with Crippen molar-refractivity contribution in [3.8, 4) is 5.69 Å². The average Bonchev–Trinajstić information content (AvgIpc) is 3.22. The predicted molar refractivity (Wildman–Crippen MR) is 85.4 cm³/mol. The molecule has 3 aromatic rings. The highest BCUT2D eigenvalue weighted by Crippen LogP contribution is 2.19. The number of benzene rings is 1. The SMILES string of the molecule is CCn1cnnc1CNC(=O)c1ccn(-c2ccccc2Cl)n1. The Morgan fingerprint density at radius 1 is 1.30 bits per heavy atom. The highest BCUT2D eigenvalue weighted by atomic mass is 35.5. The van der Waals surface area contributed by atoms with Gasteiger partial charge in [0, 0.05) is 12.7 Å². The summed E-state index contributed by atoms with van der Waals surface area (Å²) in [7, 11) is 0. The molecule has 8 heteroatoms. The van der Waals surface area contributed by atoms with Crippen molar-refractivity contribution in [3.05, 3.63) is 59.4 Å². The molecular formula is C15H15ClN6O. The zero-order valence-corrected chi connectivity index (χ0v) is 13.2. The Morgan fingerprint density at radius 2 is 2.13 bits per heavy atom. The van der Waals surface area contributed by atoms with Gasteiger partial charge in [0.05, 0.1) is 17.3 Å². The van der Waals surface area contributed by atoms with Gasteiger partial charge >= 0.3 is 0 Å². The van der Waals surface area contributed by atoms with Gasteiger partial charge in [-0.3, -0.25) is 4.79 Å². The van der Waals surface area contributed by atoms with Crippen LogP contribution < -0.4 is 5.32 Å². The van der Waals surface area contributed by atoms with E-state index < -0.39 is 0 Å². The van der Waals surface area contributed by atoms with Crippen molar-refractivity contribution in [1.82, 2.24) is 29.9 Å². The molecule has 0 aliphatic carbocycles. The van der Waals surface area contributed by atoms with Crippen molar-refractivity contribution in [1.29, 1.82) is 0 Å². The second kappa shape index (κ2) is 6.62. The molecule has 3 rings (SSSR count). The quantitative estimate of drug-likeness (QED) is 0.776. The Bertz CT molecular complexity index is 825. The van der Waals surface area contributed by atoms with Gasteiger partial charge < -0.3 is 9.88 Å². The molecule has 0 fully saturated rings. The van der Waals surface area contributed by atoms with Gasteiger partial charge in [-0.15, -0.1) is 10.2 Å². The number of rotatable bonds is 5. The summed E-state index contributed by atoms with van der Waals surface area (Å²) in [6.07, 6.45) is 3.33. The number of nitrogens with zero attached hydrogens (tertiary/aromatic N) is 5. The number of para-hydroxylation sites is 1. The van der Waals surface area contributed by atoms with Crippen molar-refractivity contribution in [3.63, 3.8) is 0 Å². The summed E-state index contributed by atoms with van der Waals surface area (Å²) < 4.78 is 3.44. The van der Waals surface area contributed by atoms with Crippen LogP contribution in [0.15, 0.2) is 42.9 Å². The average molecular weight is 331 g/mol. The van der Waals surface area contributed by atoms with Gasteiger partial charge in [0.2, 0.25) is 0 Å². The Hall–Kier alpha value is -2.67. The molecule has 0 aliphatic heterocycles. The first-order valence-electron chi connectivity index (χ1n) is 7.14. The lowest BCUT2D eigenvalue weighted by Crippen LogP contribution is -2.25. The lowest BCUT2D eigenvalue weighted by molar-refractivity contribution is 0.0944. The summed E-state index contributed by atoms with van der Waals surface area (Å²) in [6.45, 7) is 3.03. The molecule has 0 spiro atoms. The molecule has 2 aromatic heterocycles. The first-order valence-corrected chi connectivity index (χ1v) is 7.52. The Labute approximate surface area is 137 Å². The van der Waals surface area contributed by atoms with Crippen LogP contribution in [0.4, 0.5) is 0 Å². The van der Waals surface area contributed by atoms with E-state index in [0.717, 1.165) is 12.2 Å². The summed E-state index contributed by atoms with van der Waals surface area (Å²) >= 11 is 6.13. The molecule has 2 heterocycles. The molecule has 0 unspecified atom stereocenters. The Morgan fingerprint density at radius 3 is 2.91 bits per heavy atom. The first kappa shape index (κ1) is 15.2. The number of halogens is 1. The van der Waals surface area contributed by atoms with Crippen molar-refractivity contribution in [2.45, 2.75) is 20.0 Å². The third-order valence-electron chi connectivity index (χ3n) is 3.36. The second-order valence-corrected chi connectivity index (χ2v) is 5.22. The molecule has 118 valence electrons. The maximum Gasteiger partial charge on any atom is 0.272 e. The highest BCUT2D eigenvalue weighted by Gasteiger charge is 2.12. The van der Waals surface area contributed by atoms with E-state index in [0.29, 0.717) is 23.1 Å². The highest BCUT2D eigenvalue weighted by molar-refractivity contribution is 6.32. The zero-order chi connectivity index (χ0) is 16.2. The van der Waals surface area contributed by atoms with E-state index in [9.17, 15) is 4.79 Å². The number of hydrogen-bond donors (Lipinski definition) is 1. The minimum absolute atomic E-state index is 0.276. The summed E-state index contributed by atoms with van der Waals surface area (Å²) in [5, 5.41) is 15.4. The second-order valence-electron chi connectivity index (χ2n) is 4.81. The number of aromatic nitrogens is 5. The summed E-state index contributed by atoms with van der Waals surface area (Å²) in [5.41, 5.74) is 1.03. The smallest absolute Gasteiger partial charge is 0.272 e. The Balaban J connectivity index is 1.71. The normalized spacial score (nSPS) is 10.7. The summed E-state index contributed by atoms with van der Waals surface area (Å²) in [5.74, 6) is 0.424. The van der Waals surface area contributed by atoms with Gasteiger partial charge in [0.1, 0.15) is 6.33 Å². The van der Waals surface area contributed by atoms with Crippen LogP contribution in [0.1, 0.15) is 23.2 Å². The molecule has 7 nitrogen and oxygen atoms in total. The first-order chi connectivity index (χ1) is 11.2. The van der Waals surface area contributed by atoms with Crippen LogP contribution in [0, 0.1) is 0 Å². The van der Waals surface area contributed by atoms with Gasteiger partial charge in [-0.1, -0.05) is 23.7 Å². The van der Waals surface area contributed by atoms with Crippen LogP contribution in [-0.2, 0) is 13.1 Å². The third kappa shape index (κ3) is 3.24. The number of carbonyl (C=O) groups is 1. The summed E-state index contributed by atoms with van der Waals surface area (Å²) in [4.78, 5) is 12.2. The molecule has 0 atom stereocenters. The minimum Gasteiger partial charge on any atom is -0.343 e. The van der Waals surface area contributed by atoms with Crippen LogP contribution in [0.25, 0.3) is 5.69 Å². The molecule has 0 saturated carbocycles. The predicted octanol–water partition coefficient (Wildman–Crippen LogP) is 2.07. The molecule has 1 N–H and O–H groups in total. The van der Waals surface area contributed by atoms with Crippen molar-refractivity contribution >= 4 is 17.5 Å². The minimum atomic E-state index is -0.276. The fraction of sp³-hybridized carbons (Fsp3) is 0.200. The molecule has 0 saturated heterocycles. The number of hydrogen-bond acceptors (Lipinski definition) is 4. The van der Waals surface area contributed by atoms with E-state index in [1.165, 1.54) is 0 Å². The maximum atomic E-state index is 12.2. The molecule has 0 bridgehead atoms. The van der Waals surface area contributed by atoms with Crippen molar-refractivity contribution in [2.24, 2.45) is 0 Å². The summed E-state index contributed by atoms with van der Waals surface area (Å²) in [6, 6.07) is 8.95. The van der Waals surface area contributed by atoms with Crippen molar-refractivity contribution < 1.29 is 4.79 Å². The van der Waals surface area contributed by atoms with Crippen molar-refractivity contribution in [2.75, 3.05) is 0 Å². The molecule has 1 amide bonds. The topological polar surface area (TPSA) is 77.6 Å². The monoisotopic (exact) mass is 330 g/mol. The number of amides is 1. The van der Waals surface area contributed by atoms with E-state index in [1.54, 1.807) is 29.3 Å². The number of aryl methyl sites for hydroxylation is 1. The van der Waals surface area contributed by atoms with Gasteiger partial charge in [-0.05, 0) is 25.1 Å². The maximum absolute atomic E-state index is 12.2. The molecule has 23 heavy (non-hydrogen) atoms. The van der Waals surface area contributed by atoms with Crippen LogP contribution in [0.2, 0.25) is 5.02 Å². The van der Waals surface area contributed by atoms with E-state index in [-0.39, 0.29) is 5.91 Å². The van der Waals surface area contributed by atoms with Crippen LogP contribution >= 0.6 is 11.6 Å². The van der Waals surface area contributed by atoms with E-state index in [4.69, 9.17) is 11.6 Å². The molecule has 0 aliphatic rings. The lowest BCUT2D eigenvalue weighted by atomic mass is 10.3. The fourth-order valence-corrected chi connectivity index (χ4v) is 2.37. The van der Waals surface area contributed by atoms with Gasteiger partial charge in [0.15, 0.2) is 11.5 Å². The lowest BCUT2D eigenvalue weighted by Gasteiger charge is -2.05. The van der Waals surface area contributed by atoms with E-state index >= 15 is 0 Å². The third-order valence-corrected chi connectivity index (χ3v) is 3.68. The van der Waals surface area contributed by atoms with Crippen LogP contribution in [0.5, 0.6) is 0 Å². The van der Waals surface area contributed by atoms with Gasteiger partial charge in [-0.25, -0.2) is 4.68 Å². The standard InChI is InChI=1S/C15H15ClN6O/c1-2-21-10-18-19-14(21)9-17-15(23)12-7-8-22(20-12)13-6-4-3-5-11(13)16/h3-8,10H,2,9H2,1H3,(H,17,23). The molecule has 0 radical (unpaired) electrons. The number of carbonyl (C=O) groups excluding carboxylic acids is 1. The van der Waals surface area contributed by atoms with Crippen LogP contribution in [-0.4, -0.2) is 30.5 Å². The number of nitrogens with one attached hydrogen (secondary N) is 1. The zero-order valence-electron chi connectivity index (χ0n) is 12.5.